The minimum Gasteiger partial charge on any atom is -0.467 e. The number of carbonyl (C=O) groups excluding carboxylic acids is 3. The summed E-state index contributed by atoms with van der Waals surface area (Å²) in [5.74, 6) is -1.29. The molecular weight excluding hydrogens is 202 g/mol. The van der Waals surface area contributed by atoms with Crippen molar-refractivity contribution in [1.29, 1.82) is 0 Å². The van der Waals surface area contributed by atoms with Crippen LogP contribution in [0.15, 0.2) is 0 Å². The Morgan fingerprint density at radius 1 is 1.33 bits per heavy atom. The summed E-state index contributed by atoms with van der Waals surface area (Å²) in [6.07, 6.45) is 0.119. The maximum atomic E-state index is 11.2. The van der Waals surface area contributed by atoms with Crippen molar-refractivity contribution in [3.8, 4) is 0 Å². The third-order valence-corrected chi connectivity index (χ3v) is 1.71. The molecule has 1 unspecified atom stereocenters. The van der Waals surface area contributed by atoms with E-state index >= 15 is 0 Å². The summed E-state index contributed by atoms with van der Waals surface area (Å²) in [6, 6.07) is -1.06. The normalized spacial score (nSPS) is 11.7. The molecule has 0 spiro atoms. The molecule has 1 atom stereocenters. The van der Waals surface area contributed by atoms with E-state index in [1.165, 1.54) is 6.92 Å². The van der Waals surface area contributed by atoms with E-state index in [1.54, 1.807) is 0 Å². The standard InChI is InChI=1S/C9H15NO5/c1-6(12)3-4-8(13)10-7(5-11)9(14)15-2/h7,11H,3-5H2,1-2H3,(H,10,13). The molecule has 0 rings (SSSR count). The topological polar surface area (TPSA) is 92.7 Å². The second kappa shape index (κ2) is 6.94. The predicted octanol–water partition coefficient (Wildman–Crippen LogP) is -0.994. The summed E-state index contributed by atoms with van der Waals surface area (Å²) >= 11 is 0. The Morgan fingerprint density at radius 3 is 2.33 bits per heavy atom. The summed E-state index contributed by atoms with van der Waals surface area (Å²) in [5, 5.41) is 11.0. The number of ketones is 1. The monoisotopic (exact) mass is 217 g/mol. The number of nitrogens with one attached hydrogen (secondary N) is 1. The fourth-order valence-corrected chi connectivity index (χ4v) is 0.877. The van der Waals surface area contributed by atoms with Crippen LogP contribution >= 0.6 is 0 Å². The molecule has 0 aliphatic carbocycles. The van der Waals surface area contributed by atoms with Gasteiger partial charge in [0.1, 0.15) is 5.78 Å². The minimum atomic E-state index is -1.06. The van der Waals surface area contributed by atoms with Gasteiger partial charge < -0.3 is 20.0 Å². The van der Waals surface area contributed by atoms with Crippen molar-refractivity contribution >= 4 is 17.7 Å². The summed E-state index contributed by atoms with van der Waals surface area (Å²) in [7, 11) is 1.16. The van der Waals surface area contributed by atoms with E-state index in [0.29, 0.717) is 0 Å². The fraction of sp³-hybridized carbons (Fsp3) is 0.667. The number of aliphatic hydroxyl groups is 1. The number of amides is 1. The van der Waals surface area contributed by atoms with Crippen molar-refractivity contribution < 1.29 is 24.2 Å². The van der Waals surface area contributed by atoms with Gasteiger partial charge in [-0.3, -0.25) is 4.79 Å². The molecule has 0 saturated heterocycles. The zero-order chi connectivity index (χ0) is 11.8. The Hall–Kier alpha value is -1.43. The Kier molecular flexibility index (Phi) is 6.28. The van der Waals surface area contributed by atoms with Crippen LogP contribution in [0.25, 0.3) is 0 Å². The van der Waals surface area contributed by atoms with Gasteiger partial charge in [0.05, 0.1) is 13.7 Å². The lowest BCUT2D eigenvalue weighted by molar-refractivity contribution is -0.146. The van der Waals surface area contributed by atoms with Gasteiger partial charge in [-0.2, -0.15) is 0 Å². The van der Waals surface area contributed by atoms with E-state index < -0.39 is 24.5 Å². The molecule has 6 nitrogen and oxygen atoms in total. The molecule has 0 bridgehead atoms. The molecule has 6 heteroatoms. The highest BCUT2D eigenvalue weighted by Crippen LogP contribution is 1.93. The van der Waals surface area contributed by atoms with E-state index in [1.807, 2.05) is 0 Å². The summed E-state index contributed by atoms with van der Waals surface area (Å²) in [6.45, 7) is 0.843. The Balaban J connectivity index is 4.01. The van der Waals surface area contributed by atoms with Gasteiger partial charge in [0.15, 0.2) is 6.04 Å². The van der Waals surface area contributed by atoms with Gasteiger partial charge in [0.25, 0.3) is 0 Å². The number of esters is 1. The molecule has 1 amide bonds. The van der Waals surface area contributed by atoms with E-state index in [9.17, 15) is 14.4 Å². The lowest BCUT2D eigenvalue weighted by Gasteiger charge is -2.13. The number of Topliss-reactive ketones (excluding diaryl/α,β-unsaturated/α-hetero) is 1. The van der Waals surface area contributed by atoms with Crippen molar-refractivity contribution in [2.45, 2.75) is 25.8 Å². The Morgan fingerprint density at radius 2 is 1.93 bits per heavy atom. The first-order chi connectivity index (χ1) is 7.01. The van der Waals surface area contributed by atoms with Crippen LogP contribution in [0.2, 0.25) is 0 Å². The number of aliphatic hydroxyl groups excluding tert-OH is 1. The van der Waals surface area contributed by atoms with Gasteiger partial charge >= 0.3 is 5.97 Å². The second-order valence-corrected chi connectivity index (χ2v) is 3.03. The van der Waals surface area contributed by atoms with Crippen molar-refractivity contribution in [3.05, 3.63) is 0 Å². The molecule has 0 fully saturated rings. The highest BCUT2D eigenvalue weighted by molar-refractivity contribution is 5.87. The number of methoxy groups -OCH3 is 1. The molecule has 15 heavy (non-hydrogen) atoms. The minimum absolute atomic E-state index is 0.00281. The van der Waals surface area contributed by atoms with Gasteiger partial charge in [0.2, 0.25) is 5.91 Å². The third kappa shape index (κ3) is 5.79. The average molecular weight is 217 g/mol. The van der Waals surface area contributed by atoms with Crippen LogP contribution in [0.3, 0.4) is 0 Å². The SMILES string of the molecule is COC(=O)C(CO)NC(=O)CCC(C)=O. The molecule has 0 saturated carbocycles. The molecule has 2 N–H and O–H groups in total. The van der Waals surface area contributed by atoms with Crippen LogP contribution in [-0.4, -0.2) is 42.5 Å². The average Bonchev–Trinajstić information content (AvgIpc) is 2.21. The smallest absolute Gasteiger partial charge is 0.330 e. The Bertz CT molecular complexity index is 251. The largest absolute Gasteiger partial charge is 0.467 e. The van der Waals surface area contributed by atoms with Gasteiger partial charge in [-0.05, 0) is 6.92 Å². The number of hydrogen-bond acceptors (Lipinski definition) is 5. The van der Waals surface area contributed by atoms with Crippen molar-refractivity contribution in [2.75, 3.05) is 13.7 Å². The maximum Gasteiger partial charge on any atom is 0.330 e. The summed E-state index contributed by atoms with van der Waals surface area (Å²) < 4.78 is 4.35. The van der Waals surface area contributed by atoms with E-state index in [-0.39, 0.29) is 18.6 Å². The van der Waals surface area contributed by atoms with E-state index in [4.69, 9.17) is 5.11 Å². The molecule has 0 radical (unpaired) electrons. The fourth-order valence-electron chi connectivity index (χ4n) is 0.877. The molecule has 86 valence electrons. The number of ether oxygens (including phenoxy) is 1. The van der Waals surface area contributed by atoms with Crippen LogP contribution in [0.5, 0.6) is 0 Å². The first kappa shape index (κ1) is 13.6. The first-order valence-electron chi connectivity index (χ1n) is 4.48. The molecule has 0 aromatic rings. The lowest BCUT2D eigenvalue weighted by Crippen LogP contribution is -2.44. The summed E-state index contributed by atoms with van der Waals surface area (Å²) in [4.78, 5) is 32.7. The van der Waals surface area contributed by atoms with Gasteiger partial charge in [0, 0.05) is 12.8 Å². The quantitative estimate of drug-likeness (QED) is 0.557. The maximum absolute atomic E-state index is 11.2. The lowest BCUT2D eigenvalue weighted by atomic mass is 10.2. The predicted molar refractivity (Wildman–Crippen MR) is 50.9 cm³/mol. The number of carbonyl (C=O) groups is 3. The van der Waals surface area contributed by atoms with Gasteiger partial charge in [-0.25, -0.2) is 4.79 Å². The van der Waals surface area contributed by atoms with E-state index in [0.717, 1.165) is 7.11 Å². The van der Waals surface area contributed by atoms with Crippen LogP contribution in [0.1, 0.15) is 19.8 Å². The summed E-state index contributed by atoms with van der Waals surface area (Å²) in [5.41, 5.74) is 0. The third-order valence-electron chi connectivity index (χ3n) is 1.71. The molecule has 0 heterocycles. The first-order valence-corrected chi connectivity index (χ1v) is 4.48. The van der Waals surface area contributed by atoms with Gasteiger partial charge in [-0.15, -0.1) is 0 Å². The highest BCUT2D eigenvalue weighted by Gasteiger charge is 2.20. The van der Waals surface area contributed by atoms with Crippen molar-refractivity contribution in [1.82, 2.24) is 5.32 Å². The highest BCUT2D eigenvalue weighted by atomic mass is 16.5. The van der Waals surface area contributed by atoms with Crippen LogP contribution < -0.4 is 5.32 Å². The molecule has 0 aromatic carbocycles. The molecule has 0 aliphatic rings. The van der Waals surface area contributed by atoms with Gasteiger partial charge in [-0.1, -0.05) is 0 Å². The van der Waals surface area contributed by atoms with Crippen LogP contribution in [0.4, 0.5) is 0 Å². The molecule has 0 aliphatic heterocycles. The van der Waals surface area contributed by atoms with Crippen LogP contribution in [0, 0.1) is 0 Å². The van der Waals surface area contributed by atoms with E-state index in [2.05, 4.69) is 10.1 Å². The molecular formula is C9H15NO5. The molecule has 0 aromatic heterocycles. The van der Waals surface area contributed by atoms with Crippen LogP contribution in [-0.2, 0) is 19.1 Å². The second-order valence-electron chi connectivity index (χ2n) is 3.03. The zero-order valence-electron chi connectivity index (χ0n) is 8.78. The number of rotatable bonds is 6. The number of hydrogen-bond donors (Lipinski definition) is 2. The van der Waals surface area contributed by atoms with Crippen molar-refractivity contribution in [2.24, 2.45) is 0 Å². The zero-order valence-corrected chi connectivity index (χ0v) is 8.78. The van der Waals surface area contributed by atoms with Crippen molar-refractivity contribution in [3.63, 3.8) is 0 Å². The Labute approximate surface area is 87.6 Å².